The summed E-state index contributed by atoms with van der Waals surface area (Å²) >= 11 is 0. The van der Waals surface area contributed by atoms with Gasteiger partial charge >= 0.3 is 0 Å². The van der Waals surface area contributed by atoms with Gasteiger partial charge in [-0.15, -0.1) is 12.4 Å². The summed E-state index contributed by atoms with van der Waals surface area (Å²) in [6, 6.07) is 2.16. The maximum absolute atomic E-state index is 12.5. The van der Waals surface area contributed by atoms with Crippen LogP contribution in [0.1, 0.15) is 53.5 Å². The molecule has 1 amide bonds. The van der Waals surface area contributed by atoms with Gasteiger partial charge in [-0.05, 0) is 51.3 Å². The molecule has 1 aliphatic rings. The Morgan fingerprint density at radius 3 is 2.67 bits per heavy atom. The van der Waals surface area contributed by atoms with Crippen molar-refractivity contribution in [2.24, 2.45) is 13.0 Å². The third-order valence-electron chi connectivity index (χ3n) is 5.28. The van der Waals surface area contributed by atoms with E-state index in [-0.39, 0.29) is 18.3 Å². The van der Waals surface area contributed by atoms with Crippen LogP contribution in [-0.4, -0.2) is 51.2 Å². The van der Waals surface area contributed by atoms with Gasteiger partial charge in [-0.25, -0.2) is 4.98 Å². The molecule has 1 aliphatic carbocycles. The van der Waals surface area contributed by atoms with Crippen LogP contribution in [0.4, 0.5) is 0 Å². The number of aromatic nitrogens is 4. The fourth-order valence-corrected chi connectivity index (χ4v) is 3.75. The molecule has 148 valence electrons. The van der Waals surface area contributed by atoms with E-state index in [4.69, 9.17) is 5.10 Å². The quantitative estimate of drug-likeness (QED) is 0.816. The fraction of sp³-hybridized carbons (Fsp3) is 0.579. The molecule has 0 aromatic carbocycles. The van der Waals surface area contributed by atoms with Crippen molar-refractivity contribution >= 4 is 18.3 Å². The Kier molecular flexibility index (Phi) is 7.74. The Morgan fingerprint density at radius 2 is 2.04 bits per heavy atom. The molecule has 0 saturated heterocycles. The molecule has 0 bridgehead atoms. The van der Waals surface area contributed by atoms with Crippen molar-refractivity contribution < 1.29 is 4.79 Å². The Hall–Kier alpha value is -1.99. The van der Waals surface area contributed by atoms with Crippen LogP contribution in [0, 0.1) is 5.92 Å². The molecule has 0 unspecified atom stereocenters. The Morgan fingerprint density at radius 1 is 1.30 bits per heavy atom. The SMILES string of the molecule is CNCC1CCC(c2cc(CN(C)C(=O)c3cnccn3)n(C)n2)CC1.Cl. The molecule has 0 aliphatic heterocycles. The summed E-state index contributed by atoms with van der Waals surface area (Å²) in [5.74, 6) is 1.19. The first-order chi connectivity index (χ1) is 12.6. The first kappa shape index (κ1) is 21.3. The van der Waals surface area contributed by atoms with Crippen molar-refractivity contribution in [3.63, 3.8) is 0 Å². The zero-order valence-electron chi connectivity index (χ0n) is 16.3. The minimum atomic E-state index is -0.131. The van der Waals surface area contributed by atoms with Gasteiger partial charge in [0.1, 0.15) is 5.69 Å². The van der Waals surface area contributed by atoms with Gasteiger partial charge in [0.15, 0.2) is 0 Å². The van der Waals surface area contributed by atoms with E-state index < -0.39 is 0 Å². The summed E-state index contributed by atoms with van der Waals surface area (Å²) in [6.07, 6.45) is 9.49. The molecule has 27 heavy (non-hydrogen) atoms. The van der Waals surface area contributed by atoms with E-state index in [1.807, 2.05) is 18.8 Å². The number of hydrogen-bond acceptors (Lipinski definition) is 5. The van der Waals surface area contributed by atoms with Crippen LogP contribution in [0.25, 0.3) is 0 Å². The summed E-state index contributed by atoms with van der Waals surface area (Å²) in [6.45, 7) is 1.61. The standard InChI is InChI=1S/C19H28N6O.ClH/c1-20-11-14-4-6-15(7-5-14)17-10-16(25(3)23-17)13-24(2)19(26)18-12-21-8-9-22-18;/h8-10,12,14-15,20H,4-7,11,13H2,1-3H3;1H. The van der Waals surface area contributed by atoms with Crippen LogP contribution in [0.15, 0.2) is 24.7 Å². The predicted octanol–water partition coefficient (Wildman–Crippen LogP) is 2.40. The molecule has 1 fully saturated rings. The fourth-order valence-electron chi connectivity index (χ4n) is 3.75. The van der Waals surface area contributed by atoms with Gasteiger partial charge in [0.2, 0.25) is 0 Å². The Bertz CT molecular complexity index is 727. The van der Waals surface area contributed by atoms with Crippen LogP contribution in [0.2, 0.25) is 0 Å². The number of aryl methyl sites for hydroxylation is 1. The lowest BCUT2D eigenvalue weighted by atomic mass is 9.80. The summed E-state index contributed by atoms with van der Waals surface area (Å²) in [5, 5.41) is 8.01. The lowest BCUT2D eigenvalue weighted by molar-refractivity contribution is 0.0775. The summed E-state index contributed by atoms with van der Waals surface area (Å²) < 4.78 is 1.90. The summed E-state index contributed by atoms with van der Waals surface area (Å²) in [7, 11) is 5.76. The normalized spacial score (nSPS) is 19.4. The molecule has 7 nitrogen and oxygen atoms in total. The van der Waals surface area contributed by atoms with Gasteiger partial charge in [-0.2, -0.15) is 5.10 Å². The van der Waals surface area contributed by atoms with Crippen molar-refractivity contribution in [2.45, 2.75) is 38.1 Å². The highest BCUT2D eigenvalue weighted by atomic mass is 35.5. The second kappa shape index (κ2) is 9.80. The maximum atomic E-state index is 12.5. The highest BCUT2D eigenvalue weighted by Gasteiger charge is 2.25. The number of halogens is 1. The van der Waals surface area contributed by atoms with E-state index in [9.17, 15) is 4.79 Å². The van der Waals surface area contributed by atoms with E-state index in [1.54, 1.807) is 18.1 Å². The first-order valence-corrected chi connectivity index (χ1v) is 9.27. The van der Waals surface area contributed by atoms with E-state index in [1.165, 1.54) is 38.1 Å². The van der Waals surface area contributed by atoms with Gasteiger partial charge < -0.3 is 10.2 Å². The topological polar surface area (TPSA) is 75.9 Å². The molecule has 0 atom stereocenters. The second-order valence-electron chi connectivity index (χ2n) is 7.21. The molecule has 2 heterocycles. The van der Waals surface area contributed by atoms with Crippen molar-refractivity contribution in [3.05, 3.63) is 41.7 Å². The second-order valence-corrected chi connectivity index (χ2v) is 7.21. The molecule has 8 heteroatoms. The van der Waals surface area contributed by atoms with Crippen LogP contribution in [0.5, 0.6) is 0 Å². The molecular formula is C19H29ClN6O. The molecule has 1 saturated carbocycles. The number of hydrogen-bond donors (Lipinski definition) is 1. The molecule has 2 aromatic heterocycles. The third-order valence-corrected chi connectivity index (χ3v) is 5.28. The van der Waals surface area contributed by atoms with E-state index in [2.05, 4.69) is 21.4 Å². The Labute approximate surface area is 167 Å². The summed E-state index contributed by atoms with van der Waals surface area (Å²) in [4.78, 5) is 22.2. The Balaban J connectivity index is 0.00000261. The smallest absolute Gasteiger partial charge is 0.274 e. The predicted molar refractivity (Wildman–Crippen MR) is 107 cm³/mol. The zero-order valence-corrected chi connectivity index (χ0v) is 17.1. The van der Waals surface area contributed by atoms with E-state index >= 15 is 0 Å². The van der Waals surface area contributed by atoms with Crippen molar-refractivity contribution in [2.75, 3.05) is 20.6 Å². The lowest BCUT2D eigenvalue weighted by Gasteiger charge is -2.27. The van der Waals surface area contributed by atoms with Gasteiger partial charge in [-0.1, -0.05) is 0 Å². The van der Waals surface area contributed by atoms with Gasteiger partial charge in [0.25, 0.3) is 5.91 Å². The van der Waals surface area contributed by atoms with Gasteiger partial charge in [-0.3, -0.25) is 14.5 Å². The third kappa shape index (κ3) is 5.26. The molecular weight excluding hydrogens is 364 g/mol. The minimum absolute atomic E-state index is 0. The molecule has 3 rings (SSSR count). The molecule has 1 N–H and O–H groups in total. The highest BCUT2D eigenvalue weighted by molar-refractivity contribution is 5.91. The summed E-state index contributed by atoms with van der Waals surface area (Å²) in [5.41, 5.74) is 2.56. The van der Waals surface area contributed by atoms with Crippen molar-refractivity contribution in [3.8, 4) is 0 Å². The van der Waals surface area contributed by atoms with Crippen LogP contribution in [-0.2, 0) is 13.6 Å². The zero-order chi connectivity index (χ0) is 18.5. The number of amides is 1. The average Bonchev–Trinajstić information content (AvgIpc) is 3.03. The maximum Gasteiger partial charge on any atom is 0.274 e. The van der Waals surface area contributed by atoms with Gasteiger partial charge in [0.05, 0.1) is 24.1 Å². The highest BCUT2D eigenvalue weighted by Crippen LogP contribution is 2.35. The average molecular weight is 393 g/mol. The molecule has 0 radical (unpaired) electrons. The van der Waals surface area contributed by atoms with E-state index in [0.29, 0.717) is 18.2 Å². The monoisotopic (exact) mass is 392 g/mol. The van der Waals surface area contributed by atoms with E-state index in [0.717, 1.165) is 23.9 Å². The van der Waals surface area contributed by atoms with Crippen molar-refractivity contribution in [1.29, 1.82) is 0 Å². The van der Waals surface area contributed by atoms with Gasteiger partial charge in [0, 0.05) is 32.4 Å². The van der Waals surface area contributed by atoms with Crippen LogP contribution in [0.3, 0.4) is 0 Å². The van der Waals surface area contributed by atoms with Crippen molar-refractivity contribution in [1.82, 2.24) is 30.0 Å². The minimum Gasteiger partial charge on any atom is -0.334 e. The first-order valence-electron chi connectivity index (χ1n) is 9.27. The van der Waals surface area contributed by atoms with Crippen LogP contribution < -0.4 is 5.32 Å². The lowest BCUT2D eigenvalue weighted by Crippen LogP contribution is -2.28. The molecule has 0 spiro atoms. The number of carbonyl (C=O) groups excluding carboxylic acids is 1. The van der Waals surface area contributed by atoms with Crippen LogP contribution >= 0.6 is 12.4 Å². The number of nitrogens with zero attached hydrogens (tertiary/aromatic N) is 5. The molecule has 2 aromatic rings. The number of carbonyl (C=O) groups is 1. The number of rotatable bonds is 6. The largest absolute Gasteiger partial charge is 0.334 e. The number of nitrogens with one attached hydrogen (secondary N) is 1.